The zero-order valence-corrected chi connectivity index (χ0v) is 9.64. The quantitative estimate of drug-likeness (QED) is 0.597. The Hall–Kier alpha value is -2.17. The number of pyridine rings is 1. The molecule has 2 rings (SSSR count). The summed E-state index contributed by atoms with van der Waals surface area (Å²) in [5, 5.41) is 4.03. The zero-order valence-electron chi connectivity index (χ0n) is 9.64. The van der Waals surface area contributed by atoms with E-state index in [0.29, 0.717) is 23.3 Å². The Morgan fingerprint density at radius 3 is 2.82 bits per heavy atom. The molecule has 0 radical (unpaired) electrons. The molecule has 0 N–H and O–H groups in total. The van der Waals surface area contributed by atoms with Gasteiger partial charge in [-0.1, -0.05) is 0 Å². The van der Waals surface area contributed by atoms with Gasteiger partial charge in [-0.2, -0.15) is 5.10 Å². The predicted molar refractivity (Wildman–Crippen MR) is 61.2 cm³/mol. The van der Waals surface area contributed by atoms with E-state index in [1.807, 2.05) is 0 Å². The van der Waals surface area contributed by atoms with Crippen molar-refractivity contribution in [2.75, 3.05) is 6.61 Å². The second-order valence-corrected chi connectivity index (χ2v) is 3.58. The van der Waals surface area contributed by atoms with Crippen molar-refractivity contribution in [2.24, 2.45) is 0 Å². The zero-order chi connectivity index (χ0) is 12.4. The second-order valence-electron chi connectivity index (χ2n) is 3.58. The van der Waals surface area contributed by atoms with Crippen LogP contribution in [0.5, 0.6) is 0 Å². The summed E-state index contributed by atoms with van der Waals surface area (Å²) < 4.78 is 6.42. The van der Waals surface area contributed by atoms with Crippen LogP contribution in [-0.4, -0.2) is 28.0 Å². The largest absolute Gasteiger partial charge is 0.462 e. The summed E-state index contributed by atoms with van der Waals surface area (Å²) in [7, 11) is 0. The Morgan fingerprint density at radius 1 is 1.41 bits per heavy atom. The van der Waals surface area contributed by atoms with Gasteiger partial charge in [-0.05, 0) is 26.0 Å². The van der Waals surface area contributed by atoms with Gasteiger partial charge in [0.15, 0.2) is 5.78 Å². The van der Waals surface area contributed by atoms with Crippen LogP contribution in [-0.2, 0) is 4.74 Å². The molecular formula is C12H12N2O3. The van der Waals surface area contributed by atoms with Crippen molar-refractivity contribution in [3.05, 3.63) is 35.7 Å². The second kappa shape index (κ2) is 4.37. The molecule has 0 bridgehead atoms. The summed E-state index contributed by atoms with van der Waals surface area (Å²) in [6.07, 6.45) is 3.04. The topological polar surface area (TPSA) is 60.7 Å². The molecule has 0 aliphatic heterocycles. The van der Waals surface area contributed by atoms with Crippen LogP contribution in [0.3, 0.4) is 0 Å². The molecule has 17 heavy (non-hydrogen) atoms. The lowest BCUT2D eigenvalue weighted by atomic mass is 10.2. The SMILES string of the molecule is CCOC(=O)c1cnn2cc(C(C)=O)ccc12. The first-order valence-corrected chi connectivity index (χ1v) is 5.29. The summed E-state index contributed by atoms with van der Waals surface area (Å²) in [5.74, 6) is -0.446. The normalized spacial score (nSPS) is 10.5. The number of hydrogen-bond donors (Lipinski definition) is 0. The third-order valence-electron chi connectivity index (χ3n) is 2.42. The van der Waals surface area contributed by atoms with Gasteiger partial charge in [0.2, 0.25) is 0 Å². The third kappa shape index (κ3) is 2.04. The van der Waals surface area contributed by atoms with Gasteiger partial charge >= 0.3 is 5.97 Å². The lowest BCUT2D eigenvalue weighted by molar-refractivity contribution is 0.0528. The number of esters is 1. The maximum absolute atomic E-state index is 11.6. The number of Topliss-reactive ketones (excluding diaryl/α,β-unsaturated/α-hetero) is 1. The van der Waals surface area contributed by atoms with Crippen LogP contribution in [0, 0.1) is 0 Å². The number of rotatable bonds is 3. The molecule has 0 fully saturated rings. The number of hydrogen-bond acceptors (Lipinski definition) is 4. The Labute approximate surface area is 98.0 Å². The fourth-order valence-electron chi connectivity index (χ4n) is 1.56. The van der Waals surface area contributed by atoms with Gasteiger partial charge in [-0.15, -0.1) is 0 Å². The molecule has 2 heterocycles. The van der Waals surface area contributed by atoms with Crippen molar-refractivity contribution in [3.63, 3.8) is 0 Å². The van der Waals surface area contributed by atoms with Crippen molar-refractivity contribution in [1.82, 2.24) is 9.61 Å². The summed E-state index contributed by atoms with van der Waals surface area (Å²) >= 11 is 0. The van der Waals surface area contributed by atoms with E-state index in [4.69, 9.17) is 4.74 Å². The molecule has 88 valence electrons. The number of ether oxygens (including phenoxy) is 1. The monoisotopic (exact) mass is 232 g/mol. The average molecular weight is 232 g/mol. The maximum Gasteiger partial charge on any atom is 0.341 e. The first-order chi connectivity index (χ1) is 8.13. The number of ketones is 1. The Morgan fingerprint density at radius 2 is 2.18 bits per heavy atom. The minimum Gasteiger partial charge on any atom is -0.462 e. The van der Waals surface area contributed by atoms with Crippen LogP contribution < -0.4 is 0 Å². The van der Waals surface area contributed by atoms with Gasteiger partial charge in [0.05, 0.1) is 18.3 Å². The van der Waals surface area contributed by atoms with Gasteiger partial charge in [0.1, 0.15) is 5.56 Å². The Balaban J connectivity index is 2.48. The average Bonchev–Trinajstić information content (AvgIpc) is 2.71. The fraction of sp³-hybridized carbons (Fsp3) is 0.250. The minimum absolute atomic E-state index is 0.0416. The van der Waals surface area contributed by atoms with Gasteiger partial charge in [0, 0.05) is 11.8 Å². The molecule has 0 amide bonds. The van der Waals surface area contributed by atoms with Crippen LogP contribution in [0.15, 0.2) is 24.5 Å². The highest BCUT2D eigenvalue weighted by atomic mass is 16.5. The molecule has 5 nitrogen and oxygen atoms in total. The summed E-state index contributed by atoms with van der Waals surface area (Å²) in [6, 6.07) is 3.36. The van der Waals surface area contributed by atoms with Gasteiger partial charge < -0.3 is 4.74 Å². The van der Waals surface area contributed by atoms with Crippen LogP contribution in [0.4, 0.5) is 0 Å². The first kappa shape index (κ1) is 11.3. The molecule has 0 aliphatic carbocycles. The molecule has 0 atom stereocenters. The lowest BCUT2D eigenvalue weighted by Gasteiger charge is -2.00. The number of carbonyl (C=O) groups excluding carboxylic acids is 2. The number of fused-ring (bicyclic) bond motifs is 1. The van der Waals surface area contributed by atoms with E-state index in [1.54, 1.807) is 25.3 Å². The molecule has 0 saturated heterocycles. The molecule has 0 saturated carbocycles. The van der Waals surface area contributed by atoms with Crippen LogP contribution in [0.2, 0.25) is 0 Å². The Bertz CT molecular complexity index is 586. The number of aromatic nitrogens is 2. The molecule has 2 aromatic heterocycles. The predicted octanol–water partition coefficient (Wildman–Crippen LogP) is 1.71. The van der Waals surface area contributed by atoms with E-state index < -0.39 is 5.97 Å². The Kier molecular flexibility index (Phi) is 2.91. The maximum atomic E-state index is 11.6. The van der Waals surface area contributed by atoms with Gasteiger partial charge in [0.25, 0.3) is 0 Å². The summed E-state index contributed by atoms with van der Waals surface area (Å²) in [5.41, 5.74) is 1.59. The molecule has 2 aromatic rings. The van der Waals surface area contributed by atoms with Crippen molar-refractivity contribution in [3.8, 4) is 0 Å². The molecule has 0 spiro atoms. The van der Waals surface area contributed by atoms with Crippen LogP contribution in [0.25, 0.3) is 5.52 Å². The number of nitrogens with zero attached hydrogens (tertiary/aromatic N) is 2. The summed E-state index contributed by atoms with van der Waals surface area (Å²) in [4.78, 5) is 22.8. The van der Waals surface area contributed by atoms with E-state index in [-0.39, 0.29) is 5.78 Å². The molecular weight excluding hydrogens is 220 g/mol. The molecule has 5 heteroatoms. The van der Waals surface area contributed by atoms with E-state index in [0.717, 1.165) is 0 Å². The fourth-order valence-corrected chi connectivity index (χ4v) is 1.56. The highest BCUT2D eigenvalue weighted by Crippen LogP contribution is 2.13. The van der Waals surface area contributed by atoms with Crippen LogP contribution >= 0.6 is 0 Å². The van der Waals surface area contributed by atoms with Crippen LogP contribution in [0.1, 0.15) is 34.6 Å². The van der Waals surface area contributed by atoms with Crippen molar-refractivity contribution < 1.29 is 14.3 Å². The standard InChI is InChI=1S/C12H12N2O3/c1-3-17-12(16)10-6-13-14-7-9(8(2)15)4-5-11(10)14/h4-7H,3H2,1-2H3. The highest BCUT2D eigenvalue weighted by molar-refractivity contribution is 5.98. The number of carbonyl (C=O) groups is 2. The third-order valence-corrected chi connectivity index (χ3v) is 2.42. The summed E-state index contributed by atoms with van der Waals surface area (Å²) in [6.45, 7) is 3.55. The van der Waals surface area contributed by atoms with E-state index in [9.17, 15) is 9.59 Å². The van der Waals surface area contributed by atoms with Gasteiger partial charge in [-0.3, -0.25) is 4.79 Å². The van der Waals surface area contributed by atoms with Crippen molar-refractivity contribution >= 4 is 17.3 Å². The highest BCUT2D eigenvalue weighted by Gasteiger charge is 2.14. The lowest BCUT2D eigenvalue weighted by Crippen LogP contribution is -2.04. The van der Waals surface area contributed by atoms with Crippen molar-refractivity contribution in [2.45, 2.75) is 13.8 Å². The molecule has 0 aliphatic rings. The van der Waals surface area contributed by atoms with Crippen molar-refractivity contribution in [1.29, 1.82) is 0 Å². The van der Waals surface area contributed by atoms with E-state index >= 15 is 0 Å². The molecule has 0 unspecified atom stereocenters. The van der Waals surface area contributed by atoms with Gasteiger partial charge in [-0.25, -0.2) is 9.31 Å². The smallest absolute Gasteiger partial charge is 0.341 e. The van der Waals surface area contributed by atoms with E-state index in [1.165, 1.54) is 17.6 Å². The minimum atomic E-state index is -0.405. The first-order valence-electron chi connectivity index (χ1n) is 5.29. The molecule has 0 aromatic carbocycles. The van der Waals surface area contributed by atoms with E-state index in [2.05, 4.69) is 5.10 Å².